The Morgan fingerprint density at radius 2 is 1.94 bits per heavy atom. The molecule has 16 heavy (non-hydrogen) atoms. The highest BCUT2D eigenvalue weighted by molar-refractivity contribution is 9.10. The molecule has 0 heterocycles. The third-order valence-electron chi connectivity index (χ3n) is 2.57. The van der Waals surface area contributed by atoms with Crippen molar-refractivity contribution in [3.05, 3.63) is 45.7 Å². The number of rotatable bonds is 2. The first kappa shape index (κ1) is 11.5. The van der Waals surface area contributed by atoms with E-state index in [9.17, 15) is 4.39 Å². The van der Waals surface area contributed by atoms with E-state index in [1.54, 1.807) is 6.07 Å². The summed E-state index contributed by atoms with van der Waals surface area (Å²) in [4.78, 5) is 4.63. The van der Waals surface area contributed by atoms with Gasteiger partial charge in [-0.05, 0) is 63.0 Å². The highest BCUT2D eigenvalue weighted by Gasteiger charge is 2.05. The van der Waals surface area contributed by atoms with Crippen LogP contribution in [-0.4, -0.2) is 0 Å². The zero-order valence-corrected chi connectivity index (χ0v) is 10.3. The van der Waals surface area contributed by atoms with Crippen molar-refractivity contribution in [2.45, 2.75) is 13.5 Å². The standard InChI is InChI=1S/C12H11BrFNO/c1-7-2-8-5-12(14)11(13)4-9(8)3-10(7)6-16-15/h2-5H,6,15H2,1H3. The Morgan fingerprint density at radius 3 is 2.62 bits per heavy atom. The summed E-state index contributed by atoms with van der Waals surface area (Å²) >= 11 is 3.17. The van der Waals surface area contributed by atoms with Crippen LogP contribution in [0.5, 0.6) is 0 Å². The van der Waals surface area contributed by atoms with Gasteiger partial charge < -0.3 is 0 Å². The molecule has 84 valence electrons. The van der Waals surface area contributed by atoms with Gasteiger partial charge in [-0.15, -0.1) is 0 Å². The van der Waals surface area contributed by atoms with Crippen molar-refractivity contribution < 1.29 is 9.23 Å². The van der Waals surface area contributed by atoms with E-state index in [4.69, 9.17) is 5.90 Å². The van der Waals surface area contributed by atoms with Gasteiger partial charge in [-0.3, -0.25) is 4.84 Å². The predicted octanol–water partition coefficient (Wildman–Crippen LogP) is 3.44. The molecule has 2 rings (SSSR count). The van der Waals surface area contributed by atoms with Gasteiger partial charge >= 0.3 is 0 Å². The van der Waals surface area contributed by atoms with Crippen LogP contribution in [0.1, 0.15) is 11.1 Å². The smallest absolute Gasteiger partial charge is 0.138 e. The molecule has 0 atom stereocenters. The zero-order chi connectivity index (χ0) is 11.7. The maximum atomic E-state index is 13.3. The Bertz CT molecular complexity index is 542. The molecule has 0 saturated carbocycles. The van der Waals surface area contributed by atoms with Crippen molar-refractivity contribution in [2.24, 2.45) is 5.90 Å². The minimum atomic E-state index is -0.255. The minimum Gasteiger partial charge on any atom is -0.300 e. The van der Waals surface area contributed by atoms with Crippen LogP contribution in [0.3, 0.4) is 0 Å². The molecule has 0 amide bonds. The van der Waals surface area contributed by atoms with Crippen molar-refractivity contribution >= 4 is 26.7 Å². The highest BCUT2D eigenvalue weighted by atomic mass is 79.9. The average Bonchev–Trinajstić information content (AvgIpc) is 2.23. The monoisotopic (exact) mass is 283 g/mol. The Balaban J connectivity index is 2.65. The topological polar surface area (TPSA) is 35.2 Å². The van der Waals surface area contributed by atoms with Crippen molar-refractivity contribution in [2.75, 3.05) is 0 Å². The molecule has 0 saturated heterocycles. The van der Waals surface area contributed by atoms with Crippen LogP contribution in [0.25, 0.3) is 10.8 Å². The Hall–Kier alpha value is -0.970. The van der Waals surface area contributed by atoms with Crippen molar-refractivity contribution in [1.29, 1.82) is 0 Å². The number of halogens is 2. The molecule has 0 radical (unpaired) electrons. The quantitative estimate of drug-likeness (QED) is 0.857. The fourth-order valence-electron chi connectivity index (χ4n) is 1.70. The molecule has 2 aromatic rings. The summed E-state index contributed by atoms with van der Waals surface area (Å²) in [6.45, 7) is 2.31. The molecule has 0 bridgehead atoms. The van der Waals surface area contributed by atoms with Crippen molar-refractivity contribution in [1.82, 2.24) is 0 Å². The summed E-state index contributed by atoms with van der Waals surface area (Å²) in [6.07, 6.45) is 0. The molecule has 2 nitrogen and oxygen atoms in total. The molecule has 0 fully saturated rings. The van der Waals surface area contributed by atoms with Crippen LogP contribution in [0.2, 0.25) is 0 Å². The first-order valence-corrected chi connectivity index (χ1v) is 5.61. The van der Waals surface area contributed by atoms with E-state index in [-0.39, 0.29) is 5.82 Å². The number of nitrogens with two attached hydrogens (primary N) is 1. The van der Waals surface area contributed by atoms with Crippen LogP contribution in [-0.2, 0) is 11.4 Å². The third-order valence-corrected chi connectivity index (χ3v) is 3.18. The number of fused-ring (bicyclic) bond motifs is 1. The third kappa shape index (κ3) is 2.09. The van der Waals surface area contributed by atoms with E-state index in [1.807, 2.05) is 19.1 Å². The molecule has 0 unspecified atom stereocenters. The molecule has 0 aliphatic rings. The van der Waals surface area contributed by atoms with Gasteiger partial charge in [0.2, 0.25) is 0 Å². The molecule has 4 heteroatoms. The van der Waals surface area contributed by atoms with Crippen LogP contribution in [0.15, 0.2) is 28.7 Å². The van der Waals surface area contributed by atoms with Gasteiger partial charge in [0.25, 0.3) is 0 Å². The van der Waals surface area contributed by atoms with Crippen molar-refractivity contribution in [3.63, 3.8) is 0 Å². The fraction of sp³-hybridized carbons (Fsp3) is 0.167. The van der Waals surface area contributed by atoms with Crippen LogP contribution < -0.4 is 5.90 Å². The lowest BCUT2D eigenvalue weighted by Crippen LogP contribution is -2.00. The van der Waals surface area contributed by atoms with Crippen LogP contribution in [0.4, 0.5) is 4.39 Å². The molecule has 0 aromatic heterocycles. The fourth-order valence-corrected chi connectivity index (χ4v) is 2.06. The van der Waals surface area contributed by atoms with E-state index < -0.39 is 0 Å². The lowest BCUT2D eigenvalue weighted by molar-refractivity contribution is 0.124. The van der Waals surface area contributed by atoms with Gasteiger partial charge in [0.15, 0.2) is 0 Å². The molecular formula is C12H11BrFNO. The summed E-state index contributed by atoms with van der Waals surface area (Å²) in [5, 5.41) is 1.84. The molecule has 2 aromatic carbocycles. The van der Waals surface area contributed by atoms with Gasteiger partial charge in [-0.2, -0.15) is 0 Å². The summed E-state index contributed by atoms with van der Waals surface area (Å²) < 4.78 is 13.8. The molecular weight excluding hydrogens is 273 g/mol. The van der Waals surface area contributed by atoms with E-state index in [0.717, 1.165) is 21.9 Å². The lowest BCUT2D eigenvalue weighted by Gasteiger charge is -2.07. The zero-order valence-electron chi connectivity index (χ0n) is 8.76. The Labute approximate surface area is 101 Å². The lowest BCUT2D eigenvalue weighted by atomic mass is 10.0. The van der Waals surface area contributed by atoms with E-state index >= 15 is 0 Å². The van der Waals surface area contributed by atoms with Crippen molar-refractivity contribution in [3.8, 4) is 0 Å². The summed E-state index contributed by atoms with van der Waals surface area (Å²) in [5.74, 6) is 4.80. The maximum Gasteiger partial charge on any atom is 0.138 e. The first-order valence-electron chi connectivity index (χ1n) is 4.82. The number of hydrogen-bond donors (Lipinski definition) is 1. The molecule has 0 aliphatic carbocycles. The second kappa shape index (κ2) is 4.49. The minimum absolute atomic E-state index is 0.255. The van der Waals surface area contributed by atoms with Crippen LogP contribution >= 0.6 is 15.9 Å². The van der Waals surface area contributed by atoms with Gasteiger partial charge in [-0.25, -0.2) is 10.3 Å². The molecule has 0 spiro atoms. The number of aryl methyl sites for hydroxylation is 1. The SMILES string of the molecule is Cc1cc2cc(F)c(Br)cc2cc1CON. The van der Waals surface area contributed by atoms with E-state index in [1.165, 1.54) is 6.07 Å². The van der Waals surface area contributed by atoms with Gasteiger partial charge in [0.05, 0.1) is 11.1 Å². The van der Waals surface area contributed by atoms with Gasteiger partial charge in [0.1, 0.15) is 5.82 Å². The Kier molecular flexibility index (Phi) is 3.23. The van der Waals surface area contributed by atoms with Gasteiger partial charge in [-0.1, -0.05) is 6.07 Å². The predicted molar refractivity (Wildman–Crippen MR) is 65.3 cm³/mol. The average molecular weight is 284 g/mol. The summed E-state index contributed by atoms with van der Waals surface area (Å²) in [6, 6.07) is 7.16. The van der Waals surface area contributed by atoms with Gasteiger partial charge in [0, 0.05) is 0 Å². The Morgan fingerprint density at radius 1 is 1.25 bits per heavy atom. The molecule has 0 aliphatic heterocycles. The number of hydrogen-bond acceptors (Lipinski definition) is 2. The summed E-state index contributed by atoms with van der Waals surface area (Å²) in [5.41, 5.74) is 2.05. The highest BCUT2D eigenvalue weighted by Crippen LogP contribution is 2.26. The van der Waals surface area contributed by atoms with E-state index in [2.05, 4.69) is 20.8 Å². The normalized spacial score (nSPS) is 11.0. The largest absolute Gasteiger partial charge is 0.300 e. The maximum absolute atomic E-state index is 13.3. The van der Waals surface area contributed by atoms with Crippen LogP contribution in [0, 0.1) is 12.7 Å². The second-order valence-electron chi connectivity index (χ2n) is 3.70. The second-order valence-corrected chi connectivity index (χ2v) is 4.56. The number of benzene rings is 2. The summed E-state index contributed by atoms with van der Waals surface area (Å²) in [7, 11) is 0. The van der Waals surface area contributed by atoms with E-state index in [0.29, 0.717) is 11.1 Å². The molecule has 2 N–H and O–H groups in total. The first-order chi connectivity index (χ1) is 7.61.